The molecule has 350 valence electrons. The van der Waals surface area contributed by atoms with Crippen LogP contribution < -0.4 is 10.6 Å². The molecule has 0 spiro atoms. The summed E-state index contributed by atoms with van der Waals surface area (Å²) in [5.41, 5.74) is 2.63. The summed E-state index contributed by atoms with van der Waals surface area (Å²) in [5, 5.41) is 16.3. The van der Waals surface area contributed by atoms with Gasteiger partial charge in [-0.15, -0.1) is 4.52 Å². The van der Waals surface area contributed by atoms with Gasteiger partial charge in [0.05, 0.1) is 17.8 Å². The standard InChI is InChI=1S/C48H63N6O10P/c1-47(2,3)41(52(7)46(58)59)43(55)50-37(28-34-21-23-36(24-22-34)38-20-14-15-25-49-38)30-40(63-32-64-65(60,61)62)39(29-33-16-10-8-11-17-33)51-44(56)42(48(4,5)6)54-27-26-53(45(54)57)31-35-18-12-9-13-19-35/h8-25,37,39-42,60-62H,26-32H2,1-7H3,(H2-,50,51,55,56,58,59)/p+1/t37-,39-,40-,41+,42+/m0/s1. The minimum Gasteiger partial charge on any atom is -0.465 e. The van der Waals surface area contributed by atoms with Gasteiger partial charge in [-0.05, 0) is 58.9 Å². The van der Waals surface area contributed by atoms with E-state index in [1.54, 1.807) is 36.8 Å². The lowest BCUT2D eigenvalue weighted by Crippen LogP contribution is -2.59. The Bertz CT molecular complexity index is 2170. The van der Waals surface area contributed by atoms with E-state index in [9.17, 15) is 39.0 Å². The predicted molar refractivity (Wildman–Crippen MR) is 248 cm³/mol. The number of carbonyl (C=O) groups excluding carboxylic acids is 3. The van der Waals surface area contributed by atoms with Crippen LogP contribution in [-0.2, 0) is 38.2 Å². The number of hydrogen-bond acceptors (Lipinski definition) is 10. The van der Waals surface area contributed by atoms with Gasteiger partial charge in [-0.3, -0.25) is 19.5 Å². The summed E-state index contributed by atoms with van der Waals surface area (Å²) < 4.78 is 11.2. The highest BCUT2D eigenvalue weighted by molar-refractivity contribution is 7.53. The molecular weight excluding hydrogens is 852 g/mol. The van der Waals surface area contributed by atoms with Gasteiger partial charge in [-0.1, -0.05) is 133 Å². The molecule has 0 bridgehead atoms. The van der Waals surface area contributed by atoms with Crippen LogP contribution in [0.25, 0.3) is 11.3 Å². The third-order valence-electron chi connectivity index (χ3n) is 11.3. The zero-order valence-corrected chi connectivity index (χ0v) is 39.1. The van der Waals surface area contributed by atoms with Crippen LogP contribution in [0.15, 0.2) is 109 Å². The van der Waals surface area contributed by atoms with Crippen molar-refractivity contribution in [3.8, 4) is 11.3 Å². The number of nitrogens with zero attached hydrogens (tertiary/aromatic N) is 4. The first-order valence-corrected chi connectivity index (χ1v) is 23.2. The van der Waals surface area contributed by atoms with Crippen molar-refractivity contribution in [2.75, 3.05) is 26.9 Å². The van der Waals surface area contributed by atoms with E-state index in [4.69, 9.17) is 9.26 Å². The van der Waals surface area contributed by atoms with E-state index in [1.165, 1.54) is 7.05 Å². The van der Waals surface area contributed by atoms with Crippen molar-refractivity contribution in [3.63, 3.8) is 0 Å². The van der Waals surface area contributed by atoms with E-state index in [1.807, 2.05) is 124 Å². The van der Waals surface area contributed by atoms with Crippen molar-refractivity contribution in [1.29, 1.82) is 0 Å². The van der Waals surface area contributed by atoms with Gasteiger partial charge >= 0.3 is 20.3 Å². The molecule has 1 fully saturated rings. The number of urea groups is 1. The number of benzene rings is 3. The fraction of sp³-hybridized carbons (Fsp3) is 0.438. The van der Waals surface area contributed by atoms with Gasteiger partial charge in [-0.2, -0.15) is 14.7 Å². The molecule has 1 aromatic heterocycles. The first-order valence-electron chi connectivity index (χ1n) is 21.6. The molecule has 6 N–H and O–H groups in total. The lowest BCUT2D eigenvalue weighted by atomic mass is 9.84. The maximum absolute atomic E-state index is 14.9. The van der Waals surface area contributed by atoms with Crippen LogP contribution in [-0.4, -0.2) is 121 Å². The Balaban J connectivity index is 1.53. The molecule has 0 aliphatic carbocycles. The first-order chi connectivity index (χ1) is 30.6. The van der Waals surface area contributed by atoms with Gasteiger partial charge in [0.2, 0.25) is 11.8 Å². The molecule has 0 radical (unpaired) electrons. The molecule has 65 heavy (non-hydrogen) atoms. The first kappa shape index (κ1) is 50.5. The van der Waals surface area contributed by atoms with Crippen molar-refractivity contribution in [1.82, 2.24) is 30.3 Å². The van der Waals surface area contributed by atoms with Crippen LogP contribution in [0.4, 0.5) is 9.59 Å². The lowest BCUT2D eigenvalue weighted by Gasteiger charge is -2.39. The topological polar surface area (TPSA) is 214 Å². The van der Waals surface area contributed by atoms with Gasteiger partial charge in [0.25, 0.3) is 0 Å². The van der Waals surface area contributed by atoms with Crippen molar-refractivity contribution < 1.29 is 48.2 Å². The third kappa shape index (κ3) is 14.8. The summed E-state index contributed by atoms with van der Waals surface area (Å²) >= 11 is 0. The number of likely N-dealkylation sites (N-methyl/N-ethyl adjacent to an activating group) is 1. The summed E-state index contributed by atoms with van der Waals surface area (Å²) in [4.78, 5) is 93.7. The smallest absolute Gasteiger partial charge is 0.465 e. The summed E-state index contributed by atoms with van der Waals surface area (Å²) in [6.07, 6.45) is -0.265. The number of carbonyl (C=O) groups is 4. The van der Waals surface area contributed by atoms with E-state index in [0.29, 0.717) is 19.6 Å². The summed E-state index contributed by atoms with van der Waals surface area (Å²) in [6.45, 7) is 11.2. The Morgan fingerprint density at radius 3 is 1.92 bits per heavy atom. The van der Waals surface area contributed by atoms with Crippen molar-refractivity contribution in [2.24, 2.45) is 10.8 Å². The quantitative estimate of drug-likeness (QED) is 0.0429. The minimum atomic E-state index is -4.78. The number of rotatable bonds is 20. The third-order valence-corrected chi connectivity index (χ3v) is 11.8. The van der Waals surface area contributed by atoms with Crippen LogP contribution >= 0.6 is 8.17 Å². The van der Waals surface area contributed by atoms with Crippen LogP contribution in [0.5, 0.6) is 0 Å². The van der Waals surface area contributed by atoms with Crippen LogP contribution in [0.1, 0.15) is 64.7 Å². The van der Waals surface area contributed by atoms with Gasteiger partial charge in [-0.25, -0.2) is 9.59 Å². The molecule has 0 unspecified atom stereocenters. The zero-order chi connectivity index (χ0) is 47.5. The number of ether oxygens (including phenoxy) is 1. The molecule has 5 rings (SSSR count). The van der Waals surface area contributed by atoms with Crippen LogP contribution in [0.2, 0.25) is 0 Å². The molecule has 17 heteroatoms. The van der Waals surface area contributed by atoms with Crippen molar-refractivity contribution >= 4 is 32.1 Å². The van der Waals surface area contributed by atoms with E-state index >= 15 is 0 Å². The Morgan fingerprint density at radius 2 is 1.37 bits per heavy atom. The molecule has 1 aliphatic rings. The summed E-state index contributed by atoms with van der Waals surface area (Å²) in [6, 6.07) is 28.1. The molecule has 16 nitrogen and oxygen atoms in total. The Kier molecular flexibility index (Phi) is 17.2. The van der Waals surface area contributed by atoms with Gasteiger partial charge in [0.1, 0.15) is 12.1 Å². The normalized spacial score (nSPS) is 15.8. The number of aromatic nitrogens is 1. The molecule has 2 heterocycles. The van der Waals surface area contributed by atoms with E-state index < -0.39 is 74.0 Å². The van der Waals surface area contributed by atoms with E-state index in [0.717, 1.165) is 32.8 Å². The summed E-state index contributed by atoms with van der Waals surface area (Å²) in [5.74, 6) is -1.03. The number of nitrogens with one attached hydrogen (secondary N) is 2. The molecule has 4 aromatic rings. The zero-order valence-electron chi connectivity index (χ0n) is 38.2. The number of carboxylic acid groups (broad SMARTS) is 1. The molecule has 3 aromatic carbocycles. The maximum Gasteiger partial charge on any atom is 0.569 e. The van der Waals surface area contributed by atoms with Crippen LogP contribution in [0.3, 0.4) is 0 Å². The molecule has 1 saturated heterocycles. The maximum atomic E-state index is 14.9. The van der Waals surface area contributed by atoms with Gasteiger partial charge in [0.15, 0.2) is 6.79 Å². The van der Waals surface area contributed by atoms with E-state index in [-0.39, 0.29) is 25.3 Å². The monoisotopic (exact) mass is 915 g/mol. The second-order valence-electron chi connectivity index (χ2n) is 18.6. The highest BCUT2D eigenvalue weighted by Gasteiger charge is 2.45. The van der Waals surface area contributed by atoms with Crippen LogP contribution in [0, 0.1) is 10.8 Å². The fourth-order valence-electron chi connectivity index (χ4n) is 8.38. The van der Waals surface area contributed by atoms with E-state index in [2.05, 4.69) is 15.6 Å². The SMILES string of the molecule is CN(C(=O)O)[C@H](C(=O)N[C@@H](Cc1ccc(-c2ccccn2)cc1)C[C@H](OCO[P+](O)(O)O)[C@H](Cc1ccccc1)NC(=O)[C@@H](N1CCN(Cc2ccccc2)C1=O)C(C)(C)C)C(C)(C)C. The minimum absolute atomic E-state index is 0.0239. The van der Waals surface area contributed by atoms with Crippen molar-refractivity contribution in [3.05, 3.63) is 126 Å². The van der Waals surface area contributed by atoms with Gasteiger partial charge < -0.3 is 30.3 Å². The van der Waals surface area contributed by atoms with Crippen molar-refractivity contribution in [2.45, 2.75) is 97.6 Å². The average Bonchev–Trinajstić information content (AvgIpc) is 3.57. The second-order valence-corrected chi connectivity index (χ2v) is 19.9. The number of pyridine rings is 1. The van der Waals surface area contributed by atoms with Gasteiger partial charge in [0, 0.05) is 44.5 Å². The predicted octanol–water partition coefficient (Wildman–Crippen LogP) is 6.28. The lowest BCUT2D eigenvalue weighted by molar-refractivity contribution is -0.133. The molecule has 1 aliphatic heterocycles. The molecule has 0 saturated carbocycles. The molecule has 5 atom stereocenters. The highest BCUT2D eigenvalue weighted by atomic mass is 31.2. The summed E-state index contributed by atoms with van der Waals surface area (Å²) in [7, 11) is -3.44. The highest BCUT2D eigenvalue weighted by Crippen LogP contribution is 2.45. The molecule has 5 amide bonds. The Labute approximate surface area is 382 Å². The average molecular weight is 916 g/mol. The Hall–Kier alpha value is -5.48. The fourth-order valence-corrected chi connectivity index (χ4v) is 8.58. The Morgan fingerprint density at radius 1 is 0.769 bits per heavy atom. The second kappa shape index (κ2) is 22.1. The number of amides is 5. The molecular formula is C48H64N6O10P+. The largest absolute Gasteiger partial charge is 0.569 e. The number of hydrogen-bond donors (Lipinski definition) is 6.